The predicted molar refractivity (Wildman–Crippen MR) is 159 cm³/mol. The molecule has 0 aromatic heterocycles. The minimum absolute atomic E-state index is 0.0563. The minimum atomic E-state index is -4.44. The molecule has 1 aromatic carbocycles. The normalized spacial score (nSPS) is 12.6. The molecule has 1 rings (SSSR count). The van der Waals surface area contributed by atoms with Gasteiger partial charge < -0.3 is 8.92 Å². The van der Waals surface area contributed by atoms with Crippen molar-refractivity contribution in [2.45, 2.75) is 65.2 Å². The lowest BCUT2D eigenvalue weighted by atomic mass is 10.1. The monoisotopic (exact) mass is 568 g/mol. The molecule has 0 amide bonds. The van der Waals surface area contributed by atoms with E-state index in [1.165, 1.54) is 18.2 Å². The number of benzene rings is 1. The highest BCUT2D eigenvalue weighted by atomic mass is 32.2. The van der Waals surface area contributed by atoms with Crippen LogP contribution in [0, 0.1) is 0 Å². The first-order valence-corrected chi connectivity index (χ1v) is 15.0. The molecule has 0 spiro atoms. The number of esters is 1. The zero-order chi connectivity index (χ0) is 29.5. The van der Waals surface area contributed by atoms with Gasteiger partial charge in [-0.05, 0) is 57.1 Å². The summed E-state index contributed by atoms with van der Waals surface area (Å²) in [6, 6.07) is 5.75. The Balaban J connectivity index is 2.24. The van der Waals surface area contributed by atoms with Crippen LogP contribution in [0.4, 0.5) is 0 Å². The fraction of sp³-hybridized carbons (Fsp3) is 0.344. The second-order valence-corrected chi connectivity index (χ2v) is 10.2. The van der Waals surface area contributed by atoms with Crippen LogP contribution in [-0.2, 0) is 23.9 Å². The second kappa shape index (κ2) is 21.1. The Hall–Kier alpha value is -3.78. The summed E-state index contributed by atoms with van der Waals surface area (Å²) >= 11 is 0. The van der Waals surface area contributed by atoms with Crippen molar-refractivity contribution in [1.82, 2.24) is 0 Å². The summed E-state index contributed by atoms with van der Waals surface area (Å²) in [6.07, 6.45) is 30.5. The molecule has 0 unspecified atom stereocenters. The summed E-state index contributed by atoms with van der Waals surface area (Å²) in [5.41, 5.74) is -0.0877. The lowest BCUT2D eigenvalue weighted by Gasteiger charge is -2.08. The van der Waals surface area contributed by atoms with Crippen molar-refractivity contribution < 1.29 is 31.7 Å². The van der Waals surface area contributed by atoms with Crippen molar-refractivity contribution in [3.05, 3.63) is 103 Å². The second-order valence-electron chi connectivity index (χ2n) is 8.62. The van der Waals surface area contributed by atoms with E-state index < -0.39 is 33.6 Å². The van der Waals surface area contributed by atoms with Gasteiger partial charge in [0.25, 0.3) is 0 Å². The fourth-order valence-electron chi connectivity index (χ4n) is 3.23. The molecule has 0 saturated heterocycles. The summed E-state index contributed by atoms with van der Waals surface area (Å²) in [7, 11) is -4.44. The highest BCUT2D eigenvalue weighted by Gasteiger charge is 2.24. The Kier molecular flexibility index (Phi) is 18.1. The molecule has 1 aromatic rings. The summed E-state index contributed by atoms with van der Waals surface area (Å²) in [5, 5.41) is 0. The number of ketones is 1. The van der Waals surface area contributed by atoms with Crippen LogP contribution in [0.15, 0.2) is 97.2 Å². The van der Waals surface area contributed by atoms with E-state index in [-0.39, 0.29) is 17.7 Å². The van der Waals surface area contributed by atoms with Crippen molar-refractivity contribution in [3.63, 3.8) is 0 Å². The number of carbonyl (C=O) groups excluding carboxylic acids is 3. The molecule has 40 heavy (non-hydrogen) atoms. The zero-order valence-corrected chi connectivity index (χ0v) is 24.2. The SMILES string of the molecule is CC/C=C\C/C=C\C/C=C\C/C=C\C/C=C\C/C=C\CCC(=O)OS(=O)(=O)CC(=O)c1ccccc1OC(C)=O. The van der Waals surface area contributed by atoms with Gasteiger partial charge in [-0.1, -0.05) is 92.0 Å². The van der Waals surface area contributed by atoms with Gasteiger partial charge >= 0.3 is 22.1 Å². The number of para-hydroxylation sites is 1. The van der Waals surface area contributed by atoms with Crippen LogP contribution in [-0.4, -0.2) is 31.9 Å². The first-order valence-electron chi connectivity index (χ1n) is 13.4. The molecule has 0 heterocycles. The van der Waals surface area contributed by atoms with Gasteiger partial charge in [0.2, 0.25) is 0 Å². The highest BCUT2D eigenvalue weighted by Crippen LogP contribution is 2.19. The van der Waals surface area contributed by atoms with E-state index in [0.29, 0.717) is 12.8 Å². The molecule has 0 bridgehead atoms. The van der Waals surface area contributed by atoms with E-state index in [1.54, 1.807) is 12.1 Å². The van der Waals surface area contributed by atoms with Crippen LogP contribution in [0.25, 0.3) is 0 Å². The topological polar surface area (TPSA) is 104 Å². The van der Waals surface area contributed by atoms with Gasteiger partial charge in [0.1, 0.15) is 11.5 Å². The summed E-state index contributed by atoms with van der Waals surface area (Å²) in [5.74, 6) is -3.54. The quantitative estimate of drug-likeness (QED) is 0.0574. The van der Waals surface area contributed by atoms with E-state index in [0.717, 1.165) is 39.0 Å². The zero-order valence-electron chi connectivity index (χ0n) is 23.4. The number of hydrogen-bond donors (Lipinski definition) is 0. The molecule has 0 fully saturated rings. The van der Waals surface area contributed by atoms with Gasteiger partial charge in [-0.2, -0.15) is 8.42 Å². The molecular weight excluding hydrogens is 528 g/mol. The number of hydrogen-bond acceptors (Lipinski definition) is 7. The Bertz CT molecular complexity index is 1220. The number of ether oxygens (including phenoxy) is 1. The van der Waals surface area contributed by atoms with Crippen LogP contribution < -0.4 is 4.74 Å². The standard InChI is InChI=1S/C32H40O7S/c1-3-4-5-6-7-8-9-10-11-12-13-14-15-16-17-18-19-20-21-26-32(35)39-40(36,37)27-30(34)29-24-22-23-25-31(29)38-28(2)33/h4-5,7-8,10-11,13-14,16-17,19-20,22-25H,3,6,9,12,15,18,21,26-27H2,1-2H3/b5-4-,8-7-,11-10-,14-13-,17-16-,20-19-. The third-order valence-electron chi connectivity index (χ3n) is 5.08. The summed E-state index contributed by atoms with van der Waals surface area (Å²) in [4.78, 5) is 35.5. The average Bonchev–Trinajstić information content (AvgIpc) is 2.89. The summed E-state index contributed by atoms with van der Waals surface area (Å²) in [6.45, 7) is 3.29. The Labute approximate surface area is 238 Å². The summed E-state index contributed by atoms with van der Waals surface area (Å²) < 4.78 is 33.7. The maximum atomic E-state index is 12.4. The maximum absolute atomic E-state index is 12.4. The highest BCUT2D eigenvalue weighted by molar-refractivity contribution is 7.87. The molecule has 0 N–H and O–H groups in total. The third kappa shape index (κ3) is 17.7. The molecule has 7 nitrogen and oxygen atoms in total. The third-order valence-corrected chi connectivity index (χ3v) is 6.14. The van der Waals surface area contributed by atoms with Crippen molar-refractivity contribution in [3.8, 4) is 5.75 Å². The number of carbonyl (C=O) groups is 3. The van der Waals surface area contributed by atoms with E-state index in [2.05, 4.69) is 65.8 Å². The average molecular weight is 569 g/mol. The van der Waals surface area contributed by atoms with Gasteiger partial charge in [0.05, 0.1) is 12.0 Å². The first-order chi connectivity index (χ1) is 19.2. The number of rotatable bonds is 19. The first kappa shape index (κ1) is 34.2. The van der Waals surface area contributed by atoms with Gasteiger partial charge in [0, 0.05) is 6.92 Å². The molecule has 0 saturated carbocycles. The Morgan fingerprint density at radius 1 is 0.725 bits per heavy atom. The predicted octanol–water partition coefficient (Wildman–Crippen LogP) is 7.15. The smallest absolute Gasteiger partial charge is 0.322 e. The lowest BCUT2D eigenvalue weighted by Crippen LogP contribution is -2.22. The van der Waals surface area contributed by atoms with Gasteiger partial charge in [0.15, 0.2) is 5.78 Å². The molecule has 8 heteroatoms. The van der Waals surface area contributed by atoms with Crippen LogP contribution in [0.5, 0.6) is 5.75 Å². The fourth-order valence-corrected chi connectivity index (χ4v) is 4.13. The molecule has 0 aliphatic heterocycles. The van der Waals surface area contributed by atoms with Crippen molar-refractivity contribution in [2.75, 3.05) is 5.75 Å². The van der Waals surface area contributed by atoms with Crippen molar-refractivity contribution in [2.24, 2.45) is 0 Å². The van der Waals surface area contributed by atoms with Gasteiger partial charge in [-0.15, -0.1) is 0 Å². The molecule has 0 radical (unpaired) electrons. The Morgan fingerprint density at radius 3 is 1.70 bits per heavy atom. The van der Waals surface area contributed by atoms with Crippen molar-refractivity contribution in [1.29, 1.82) is 0 Å². The maximum Gasteiger partial charge on any atom is 0.322 e. The van der Waals surface area contributed by atoms with E-state index in [4.69, 9.17) is 4.74 Å². The van der Waals surface area contributed by atoms with Crippen LogP contribution in [0.2, 0.25) is 0 Å². The number of Topliss-reactive ketones (excluding diaryl/α,β-unsaturated/α-hetero) is 1. The van der Waals surface area contributed by atoms with E-state index >= 15 is 0 Å². The van der Waals surface area contributed by atoms with Crippen LogP contribution in [0.1, 0.15) is 75.6 Å². The Morgan fingerprint density at radius 2 is 1.20 bits per heavy atom. The molecular formula is C32H40O7S. The number of allylic oxidation sites excluding steroid dienone is 12. The minimum Gasteiger partial charge on any atom is -0.426 e. The van der Waals surface area contributed by atoms with Crippen LogP contribution >= 0.6 is 0 Å². The molecule has 216 valence electrons. The molecule has 0 aliphatic carbocycles. The van der Waals surface area contributed by atoms with Crippen LogP contribution in [0.3, 0.4) is 0 Å². The van der Waals surface area contributed by atoms with Gasteiger partial charge in [-0.25, -0.2) is 0 Å². The molecule has 0 atom stereocenters. The van der Waals surface area contributed by atoms with E-state index in [1.807, 2.05) is 12.2 Å². The van der Waals surface area contributed by atoms with Gasteiger partial charge in [-0.3, -0.25) is 14.4 Å². The lowest BCUT2D eigenvalue weighted by molar-refractivity contribution is -0.134. The van der Waals surface area contributed by atoms with E-state index in [9.17, 15) is 22.8 Å². The largest absolute Gasteiger partial charge is 0.426 e. The van der Waals surface area contributed by atoms with Crippen molar-refractivity contribution >= 4 is 27.8 Å². The molecule has 0 aliphatic rings.